The Kier molecular flexibility index (Phi) is 15.8. The molecular formula is C19H30Cl2OSiZr. The molecule has 2 aliphatic carbocycles. The quantitative estimate of drug-likeness (QED) is 0.401. The Hall–Kier alpha value is 0.600. The zero-order chi connectivity index (χ0) is 16.2. The second-order valence-electron chi connectivity index (χ2n) is 6.78. The predicted molar refractivity (Wildman–Crippen MR) is 94.6 cm³/mol. The van der Waals surface area contributed by atoms with Crippen molar-refractivity contribution in [2.75, 3.05) is 6.61 Å². The summed E-state index contributed by atoms with van der Waals surface area (Å²) >= 11 is 0. The van der Waals surface area contributed by atoms with Gasteiger partial charge in [-0.15, -0.1) is 13.3 Å². The Bertz CT molecular complexity index is 517. The van der Waals surface area contributed by atoms with E-state index in [4.69, 9.17) is 5.11 Å². The summed E-state index contributed by atoms with van der Waals surface area (Å²) in [6, 6.07) is 0. The Morgan fingerprint density at radius 1 is 1.17 bits per heavy atom. The fourth-order valence-electron chi connectivity index (χ4n) is 2.85. The van der Waals surface area contributed by atoms with Crippen LogP contribution in [0.4, 0.5) is 0 Å². The molecule has 0 aromatic rings. The van der Waals surface area contributed by atoms with Gasteiger partial charge in [-0.3, -0.25) is 12.2 Å². The van der Waals surface area contributed by atoms with E-state index < -0.39 is 8.80 Å². The zero-order valence-electron chi connectivity index (χ0n) is 16.0. The summed E-state index contributed by atoms with van der Waals surface area (Å²) < 4.78 is 0. The van der Waals surface area contributed by atoms with E-state index in [1.807, 2.05) is 0 Å². The fraction of sp³-hybridized carbons (Fsp3) is 0.579. The van der Waals surface area contributed by atoms with E-state index in [1.165, 1.54) is 27.5 Å². The van der Waals surface area contributed by atoms with Gasteiger partial charge in [0, 0.05) is 15.4 Å². The summed E-state index contributed by atoms with van der Waals surface area (Å²) in [6.07, 6.45) is 10.8. The van der Waals surface area contributed by atoms with E-state index in [2.05, 4.69) is 65.9 Å². The Labute approximate surface area is 182 Å². The molecule has 0 spiro atoms. The summed E-state index contributed by atoms with van der Waals surface area (Å²) in [5, 5.41) is 10.2. The molecule has 0 amide bonds. The first kappa shape index (κ1) is 29.4. The van der Waals surface area contributed by atoms with Crippen LogP contribution in [0.15, 0.2) is 33.6 Å². The maximum absolute atomic E-state index is 8.76. The van der Waals surface area contributed by atoms with Gasteiger partial charge in [0.15, 0.2) is 0 Å². The summed E-state index contributed by atoms with van der Waals surface area (Å²) in [6.45, 7) is 15.8. The molecule has 0 atom stereocenters. The number of hydrogen-bond acceptors (Lipinski definition) is 1. The normalized spacial score (nSPS) is 17.6. The smallest absolute Gasteiger partial charge is 1.00 e. The molecule has 0 saturated carbocycles. The van der Waals surface area contributed by atoms with Crippen LogP contribution in [-0.4, -0.2) is 20.5 Å². The standard InChI is InChI=1S/C10H15.C9H15OSi.2ClH.Zr/c1-7-6-10(4,5)9(3)8(7)2;1-11(2)9-5-3-4-8(9)6-7-10;;;/h1-5H3;4,10-11H,3,6-7H2,1-2H3;2*1H;/q2*-1;;;+4/p-2. The molecule has 0 radical (unpaired) electrons. The van der Waals surface area contributed by atoms with E-state index in [0.29, 0.717) is 0 Å². The molecular weight excluding hydrogens is 434 g/mol. The van der Waals surface area contributed by atoms with Crippen LogP contribution in [0.5, 0.6) is 0 Å². The molecule has 24 heavy (non-hydrogen) atoms. The maximum atomic E-state index is 8.76. The summed E-state index contributed by atoms with van der Waals surface area (Å²) in [5.41, 5.74) is 5.75. The van der Waals surface area contributed by atoms with E-state index in [-0.39, 0.29) is 63.0 Å². The van der Waals surface area contributed by atoms with Gasteiger partial charge in [-0.05, 0) is 0 Å². The molecule has 1 nitrogen and oxygen atoms in total. The predicted octanol–water partition coefficient (Wildman–Crippen LogP) is -1.43. The monoisotopic (exact) mass is 462 g/mol. The number of rotatable bonds is 3. The topological polar surface area (TPSA) is 20.2 Å². The van der Waals surface area contributed by atoms with Crippen molar-refractivity contribution in [3.8, 4) is 0 Å². The van der Waals surface area contributed by atoms with Crippen molar-refractivity contribution in [3.05, 3.63) is 45.7 Å². The first-order valence-corrected chi connectivity index (χ1v) is 10.8. The van der Waals surface area contributed by atoms with Gasteiger partial charge in [0.1, 0.15) is 0 Å². The minimum atomic E-state index is -0.686. The van der Waals surface area contributed by atoms with E-state index in [0.717, 1.165) is 12.8 Å². The number of aliphatic hydroxyl groups is 1. The van der Waals surface area contributed by atoms with Crippen molar-refractivity contribution in [1.82, 2.24) is 0 Å². The van der Waals surface area contributed by atoms with Gasteiger partial charge in [-0.2, -0.15) is 22.8 Å². The fourth-order valence-corrected chi connectivity index (χ4v) is 4.38. The molecule has 0 aliphatic heterocycles. The summed E-state index contributed by atoms with van der Waals surface area (Å²) in [5.74, 6) is 0. The number of allylic oxidation sites excluding steroid dienone is 7. The molecule has 0 bridgehead atoms. The second kappa shape index (κ2) is 12.9. The SMILES string of the molecule is CC1=[C-]C(C)(C)C(C)=C1C.C[SiH](C)C1=[C-]CC=C1CCO.[Cl-].[Cl-].[Zr+4]. The van der Waals surface area contributed by atoms with Gasteiger partial charge in [0.2, 0.25) is 0 Å². The molecule has 0 aromatic heterocycles. The van der Waals surface area contributed by atoms with Crippen LogP contribution < -0.4 is 24.8 Å². The molecule has 0 unspecified atom stereocenters. The van der Waals surface area contributed by atoms with Crippen molar-refractivity contribution >= 4 is 8.80 Å². The average molecular weight is 465 g/mol. The van der Waals surface area contributed by atoms with Gasteiger partial charge >= 0.3 is 26.2 Å². The Balaban J connectivity index is -0.000000328. The zero-order valence-corrected chi connectivity index (χ0v) is 21.1. The van der Waals surface area contributed by atoms with Crippen LogP contribution in [-0.2, 0) is 26.2 Å². The molecule has 2 rings (SSSR count). The van der Waals surface area contributed by atoms with E-state index in [1.54, 1.807) is 0 Å². The van der Waals surface area contributed by atoms with Gasteiger partial charge in [-0.25, -0.2) is 10.8 Å². The summed E-state index contributed by atoms with van der Waals surface area (Å²) in [4.78, 5) is 0. The number of halogens is 2. The van der Waals surface area contributed by atoms with Crippen LogP contribution in [0, 0.1) is 17.6 Å². The third-order valence-corrected chi connectivity index (χ3v) is 6.24. The van der Waals surface area contributed by atoms with Crippen molar-refractivity contribution < 1.29 is 56.1 Å². The number of aliphatic hydroxyl groups excluding tert-OH is 1. The van der Waals surface area contributed by atoms with Crippen LogP contribution in [0.3, 0.4) is 0 Å². The molecule has 0 heterocycles. The molecule has 5 heteroatoms. The Morgan fingerprint density at radius 3 is 2.00 bits per heavy atom. The van der Waals surface area contributed by atoms with Gasteiger partial charge in [0.25, 0.3) is 0 Å². The molecule has 0 aromatic carbocycles. The molecule has 0 fully saturated rings. The van der Waals surface area contributed by atoms with Gasteiger partial charge in [-0.1, -0.05) is 52.6 Å². The van der Waals surface area contributed by atoms with Crippen LogP contribution in [0.2, 0.25) is 13.1 Å². The third-order valence-electron chi connectivity index (χ3n) is 4.51. The minimum absolute atomic E-state index is 0. The van der Waals surface area contributed by atoms with Gasteiger partial charge < -0.3 is 29.9 Å². The van der Waals surface area contributed by atoms with Crippen LogP contribution >= 0.6 is 0 Å². The number of hydrogen-bond donors (Lipinski definition) is 1. The van der Waals surface area contributed by atoms with Crippen molar-refractivity contribution in [3.63, 3.8) is 0 Å². The third kappa shape index (κ3) is 7.87. The van der Waals surface area contributed by atoms with Crippen LogP contribution in [0.25, 0.3) is 0 Å². The van der Waals surface area contributed by atoms with E-state index in [9.17, 15) is 0 Å². The molecule has 0 saturated heterocycles. The first-order valence-electron chi connectivity index (χ1n) is 7.91. The first-order chi connectivity index (χ1) is 9.70. The molecule has 2 aliphatic rings. The maximum Gasteiger partial charge on any atom is 4.00 e. The summed E-state index contributed by atoms with van der Waals surface area (Å²) in [7, 11) is -0.686. The largest absolute Gasteiger partial charge is 4.00 e. The van der Waals surface area contributed by atoms with Crippen molar-refractivity contribution in [2.45, 2.75) is 60.6 Å². The second-order valence-corrected chi connectivity index (χ2v) is 9.66. The van der Waals surface area contributed by atoms with Crippen molar-refractivity contribution in [2.24, 2.45) is 5.41 Å². The minimum Gasteiger partial charge on any atom is -1.00 e. The van der Waals surface area contributed by atoms with Gasteiger partial charge in [0.05, 0.1) is 0 Å². The van der Waals surface area contributed by atoms with Crippen molar-refractivity contribution in [1.29, 1.82) is 0 Å². The molecule has 134 valence electrons. The average Bonchev–Trinajstić information content (AvgIpc) is 2.91. The van der Waals surface area contributed by atoms with Crippen LogP contribution in [0.1, 0.15) is 47.5 Å². The molecule has 1 N–H and O–H groups in total. The van der Waals surface area contributed by atoms with E-state index >= 15 is 0 Å². The Morgan fingerprint density at radius 2 is 1.71 bits per heavy atom.